The molecule has 0 atom stereocenters. The highest BCUT2D eigenvalue weighted by molar-refractivity contribution is 7.11. The molecule has 1 heterocycles. The average Bonchev–Trinajstić information content (AvgIpc) is 2.87. The second kappa shape index (κ2) is 7.31. The van der Waals surface area contributed by atoms with Crippen molar-refractivity contribution < 1.29 is 4.74 Å². The van der Waals surface area contributed by atoms with Crippen LogP contribution in [-0.4, -0.2) is 7.05 Å². The van der Waals surface area contributed by atoms with Crippen molar-refractivity contribution >= 4 is 11.3 Å². The summed E-state index contributed by atoms with van der Waals surface area (Å²) in [6.07, 6.45) is 2.32. The van der Waals surface area contributed by atoms with E-state index in [1.165, 1.54) is 21.7 Å². The summed E-state index contributed by atoms with van der Waals surface area (Å²) in [5.41, 5.74) is 1.38. The fourth-order valence-corrected chi connectivity index (χ4v) is 2.91. The van der Waals surface area contributed by atoms with Gasteiger partial charge in [0.2, 0.25) is 0 Å². The summed E-state index contributed by atoms with van der Waals surface area (Å²) in [6.45, 7) is 3.78. The molecule has 0 aliphatic heterocycles. The molecule has 2 aromatic rings. The zero-order chi connectivity index (χ0) is 13.5. The van der Waals surface area contributed by atoms with Crippen molar-refractivity contribution in [1.82, 2.24) is 5.32 Å². The molecule has 3 heteroatoms. The van der Waals surface area contributed by atoms with E-state index in [2.05, 4.69) is 48.6 Å². The first-order valence-electron chi connectivity index (χ1n) is 6.75. The van der Waals surface area contributed by atoms with E-state index >= 15 is 0 Å². The highest BCUT2D eigenvalue weighted by atomic mass is 32.1. The number of hydrogen-bond acceptors (Lipinski definition) is 3. The number of hydrogen-bond donors (Lipinski definition) is 1. The minimum absolute atomic E-state index is 0.654. The van der Waals surface area contributed by atoms with Gasteiger partial charge in [-0.2, -0.15) is 0 Å². The molecule has 2 rings (SSSR count). The zero-order valence-electron chi connectivity index (χ0n) is 11.6. The summed E-state index contributed by atoms with van der Waals surface area (Å²) < 4.78 is 5.81. The maximum Gasteiger partial charge on any atom is 0.122 e. The zero-order valence-corrected chi connectivity index (χ0v) is 12.4. The molecule has 0 unspecified atom stereocenters. The van der Waals surface area contributed by atoms with Crippen LogP contribution in [0.3, 0.4) is 0 Å². The van der Waals surface area contributed by atoms with Crippen LogP contribution in [0.15, 0.2) is 36.4 Å². The van der Waals surface area contributed by atoms with Gasteiger partial charge in [-0.3, -0.25) is 0 Å². The molecule has 0 bridgehead atoms. The van der Waals surface area contributed by atoms with E-state index in [1.54, 1.807) is 11.3 Å². The normalized spacial score (nSPS) is 10.6. The van der Waals surface area contributed by atoms with Gasteiger partial charge in [-0.15, -0.1) is 11.3 Å². The highest BCUT2D eigenvalue weighted by Crippen LogP contribution is 2.20. The fourth-order valence-electron chi connectivity index (χ4n) is 1.96. The second-order valence-electron chi connectivity index (χ2n) is 4.58. The molecule has 0 aliphatic rings. The third kappa shape index (κ3) is 4.37. The van der Waals surface area contributed by atoms with Crippen LogP contribution in [0.4, 0.5) is 0 Å². The van der Waals surface area contributed by atoms with Gasteiger partial charge in [0.05, 0.1) is 0 Å². The Morgan fingerprint density at radius 1 is 1.05 bits per heavy atom. The Labute approximate surface area is 119 Å². The largest absolute Gasteiger partial charge is 0.488 e. The van der Waals surface area contributed by atoms with Crippen LogP contribution < -0.4 is 10.1 Å². The topological polar surface area (TPSA) is 21.3 Å². The number of nitrogens with one attached hydrogen (secondary N) is 1. The number of thiophene rings is 1. The van der Waals surface area contributed by atoms with Crippen molar-refractivity contribution in [2.75, 3.05) is 7.05 Å². The van der Waals surface area contributed by atoms with E-state index in [4.69, 9.17) is 4.74 Å². The molecule has 102 valence electrons. The van der Waals surface area contributed by atoms with Crippen molar-refractivity contribution in [3.8, 4) is 5.75 Å². The number of aryl methyl sites for hydroxylation is 1. The van der Waals surface area contributed by atoms with Crippen molar-refractivity contribution in [2.45, 2.75) is 32.9 Å². The van der Waals surface area contributed by atoms with Gasteiger partial charge in [0, 0.05) is 16.3 Å². The number of rotatable bonds is 7. The smallest absolute Gasteiger partial charge is 0.122 e. The molecule has 0 saturated carbocycles. The Hall–Kier alpha value is -1.32. The lowest BCUT2D eigenvalue weighted by Crippen LogP contribution is -2.02. The maximum absolute atomic E-state index is 5.81. The molecule has 1 N–H and O–H groups in total. The van der Waals surface area contributed by atoms with Crippen molar-refractivity contribution in [2.24, 2.45) is 0 Å². The first kappa shape index (κ1) is 14.1. The first-order chi connectivity index (χ1) is 9.31. The molecule has 1 aromatic heterocycles. The molecular weight excluding hydrogens is 254 g/mol. The Balaban J connectivity index is 1.86. The fraction of sp³-hybridized carbons (Fsp3) is 0.375. The molecule has 0 aliphatic carbocycles. The van der Waals surface area contributed by atoms with Gasteiger partial charge in [0.1, 0.15) is 12.4 Å². The van der Waals surface area contributed by atoms with Crippen molar-refractivity contribution in [1.29, 1.82) is 0 Å². The number of ether oxygens (including phenoxy) is 1. The van der Waals surface area contributed by atoms with Crippen molar-refractivity contribution in [3.05, 3.63) is 51.7 Å². The maximum atomic E-state index is 5.81. The third-order valence-corrected chi connectivity index (χ3v) is 3.97. The Kier molecular flexibility index (Phi) is 5.43. The number of benzene rings is 1. The van der Waals surface area contributed by atoms with Gasteiger partial charge in [-0.25, -0.2) is 0 Å². The average molecular weight is 275 g/mol. The van der Waals surface area contributed by atoms with Crippen LogP contribution in [0.25, 0.3) is 0 Å². The van der Waals surface area contributed by atoms with Gasteiger partial charge in [-0.1, -0.05) is 25.5 Å². The monoisotopic (exact) mass is 275 g/mol. The summed E-state index contributed by atoms with van der Waals surface area (Å²) in [5.74, 6) is 0.948. The van der Waals surface area contributed by atoms with E-state index in [1.807, 2.05) is 7.05 Å². The summed E-state index contributed by atoms with van der Waals surface area (Å²) in [7, 11) is 1.97. The van der Waals surface area contributed by atoms with Crippen LogP contribution >= 0.6 is 11.3 Å². The third-order valence-electron chi connectivity index (χ3n) is 2.91. The standard InChI is InChI=1S/C16H21NOS/c1-3-4-13-5-7-14(8-6-13)18-12-16-10-9-15(19-16)11-17-2/h5-10,17H,3-4,11-12H2,1-2H3. The first-order valence-corrected chi connectivity index (χ1v) is 7.57. The summed E-state index contributed by atoms with van der Waals surface area (Å²) in [5, 5.41) is 3.16. The Morgan fingerprint density at radius 3 is 2.47 bits per heavy atom. The minimum Gasteiger partial charge on any atom is -0.488 e. The van der Waals surface area contributed by atoms with Crippen molar-refractivity contribution in [3.63, 3.8) is 0 Å². The van der Waals surface area contributed by atoms with Crippen LogP contribution in [0.5, 0.6) is 5.75 Å². The molecule has 1 aromatic carbocycles. The molecular formula is C16H21NOS. The van der Waals surface area contributed by atoms with Crippen LogP contribution in [0.2, 0.25) is 0 Å². The Bertz CT molecular complexity index is 490. The lowest BCUT2D eigenvalue weighted by molar-refractivity contribution is 0.309. The lowest BCUT2D eigenvalue weighted by Gasteiger charge is -2.05. The van der Waals surface area contributed by atoms with E-state index in [9.17, 15) is 0 Å². The molecule has 0 spiro atoms. The van der Waals surface area contributed by atoms with Gasteiger partial charge >= 0.3 is 0 Å². The molecule has 0 fully saturated rings. The van der Waals surface area contributed by atoms with E-state index in [-0.39, 0.29) is 0 Å². The highest BCUT2D eigenvalue weighted by Gasteiger charge is 2.01. The molecule has 2 nitrogen and oxygen atoms in total. The van der Waals surface area contributed by atoms with Gasteiger partial charge < -0.3 is 10.1 Å². The second-order valence-corrected chi connectivity index (χ2v) is 5.83. The van der Waals surface area contributed by atoms with Gasteiger partial charge in [0.15, 0.2) is 0 Å². The quantitative estimate of drug-likeness (QED) is 0.824. The van der Waals surface area contributed by atoms with Crippen LogP contribution in [0.1, 0.15) is 28.7 Å². The van der Waals surface area contributed by atoms with Gasteiger partial charge in [0.25, 0.3) is 0 Å². The van der Waals surface area contributed by atoms with E-state index in [0.29, 0.717) is 6.61 Å². The predicted octanol–water partition coefficient (Wildman–Crippen LogP) is 4.00. The summed E-state index contributed by atoms with van der Waals surface area (Å²) in [4.78, 5) is 2.61. The SMILES string of the molecule is CCCc1ccc(OCc2ccc(CNC)s2)cc1. The minimum atomic E-state index is 0.654. The Morgan fingerprint density at radius 2 is 1.79 bits per heavy atom. The van der Waals surface area contributed by atoms with E-state index in [0.717, 1.165) is 18.7 Å². The predicted molar refractivity (Wildman–Crippen MR) is 81.9 cm³/mol. The van der Waals surface area contributed by atoms with Gasteiger partial charge in [-0.05, 0) is 43.3 Å². The van der Waals surface area contributed by atoms with Crippen LogP contribution in [-0.2, 0) is 19.6 Å². The summed E-state index contributed by atoms with van der Waals surface area (Å²) >= 11 is 1.80. The molecule has 0 amide bonds. The molecule has 0 saturated heterocycles. The molecule has 19 heavy (non-hydrogen) atoms. The molecule has 0 radical (unpaired) electrons. The van der Waals surface area contributed by atoms with Crippen LogP contribution in [0, 0.1) is 0 Å². The summed E-state index contributed by atoms with van der Waals surface area (Å²) in [6, 6.07) is 12.7. The van der Waals surface area contributed by atoms with E-state index < -0.39 is 0 Å². The lowest BCUT2D eigenvalue weighted by atomic mass is 10.1.